The fourth-order valence-corrected chi connectivity index (χ4v) is 1.65. The van der Waals surface area contributed by atoms with Crippen molar-refractivity contribution in [3.8, 4) is 0 Å². The van der Waals surface area contributed by atoms with E-state index in [2.05, 4.69) is 15.1 Å². The van der Waals surface area contributed by atoms with E-state index in [-0.39, 0.29) is 11.8 Å². The third-order valence-corrected chi connectivity index (χ3v) is 2.75. The normalized spacial score (nSPS) is 18.3. The van der Waals surface area contributed by atoms with Crippen LogP contribution in [0.1, 0.15) is 12.8 Å². The molecule has 2 aromatic rings. The molecule has 3 rings (SSSR count). The molecule has 1 aliphatic rings. The van der Waals surface area contributed by atoms with Crippen LogP contribution in [0.25, 0.3) is 11.0 Å². The molecule has 0 unspecified atom stereocenters. The largest absolute Gasteiger partial charge is 0.244 e. The van der Waals surface area contributed by atoms with Gasteiger partial charge in [0.25, 0.3) is 0 Å². The zero-order valence-electron chi connectivity index (χ0n) is 7.82. The number of nitrogens with zero attached hydrogens (tertiary/aromatic N) is 4. The van der Waals surface area contributed by atoms with Crippen molar-refractivity contribution in [1.82, 2.24) is 19.7 Å². The van der Waals surface area contributed by atoms with E-state index in [1.54, 1.807) is 17.1 Å². The Labute approximate surface area is 90.1 Å². The van der Waals surface area contributed by atoms with E-state index in [0.717, 1.165) is 5.39 Å². The average Bonchev–Trinajstić information content (AvgIpc) is 2.80. The zero-order chi connectivity index (χ0) is 10.5. The molecule has 15 heavy (non-hydrogen) atoms. The van der Waals surface area contributed by atoms with Crippen molar-refractivity contribution >= 4 is 22.6 Å². The number of fused-ring (bicyclic) bond motifs is 1. The number of aromatic nitrogens is 4. The van der Waals surface area contributed by atoms with E-state index in [4.69, 9.17) is 11.6 Å². The summed E-state index contributed by atoms with van der Waals surface area (Å²) in [6.07, 6.45) is 4.42. The minimum absolute atomic E-state index is 0.160. The van der Waals surface area contributed by atoms with Gasteiger partial charge in [0.15, 0.2) is 5.65 Å². The van der Waals surface area contributed by atoms with Crippen LogP contribution >= 0.6 is 11.6 Å². The summed E-state index contributed by atoms with van der Waals surface area (Å²) in [6, 6.07) is 0. The summed E-state index contributed by atoms with van der Waals surface area (Å²) < 4.78 is 15.1. The molecule has 1 fully saturated rings. The Morgan fingerprint density at radius 2 is 2.27 bits per heavy atom. The Balaban J connectivity index is 2.06. The molecule has 2 heterocycles. The van der Waals surface area contributed by atoms with Crippen molar-refractivity contribution in [1.29, 1.82) is 0 Å². The molecular weight excluding hydrogens is 219 g/mol. The summed E-state index contributed by atoms with van der Waals surface area (Å²) in [5.41, 5.74) is -0.491. The molecule has 0 aromatic carbocycles. The molecule has 1 aliphatic carbocycles. The lowest BCUT2D eigenvalue weighted by Gasteiger charge is -2.05. The fraction of sp³-hybridized carbons (Fsp3) is 0.444. The minimum atomic E-state index is -1.09. The van der Waals surface area contributed by atoms with Crippen molar-refractivity contribution in [3.63, 3.8) is 0 Å². The lowest BCUT2D eigenvalue weighted by Crippen LogP contribution is -2.13. The molecule has 2 aromatic heterocycles. The summed E-state index contributed by atoms with van der Waals surface area (Å²) >= 11 is 5.68. The highest BCUT2D eigenvalue weighted by Gasteiger charge is 2.44. The van der Waals surface area contributed by atoms with Gasteiger partial charge in [0.05, 0.1) is 18.1 Å². The molecule has 6 heteroatoms. The van der Waals surface area contributed by atoms with Crippen molar-refractivity contribution in [2.75, 3.05) is 0 Å². The monoisotopic (exact) mass is 226 g/mol. The van der Waals surface area contributed by atoms with Crippen LogP contribution in [0.5, 0.6) is 0 Å². The van der Waals surface area contributed by atoms with Crippen LogP contribution in [-0.2, 0) is 6.54 Å². The molecule has 0 atom stereocenters. The van der Waals surface area contributed by atoms with Gasteiger partial charge in [0.2, 0.25) is 5.28 Å². The molecule has 0 amide bonds. The Bertz CT molecular complexity index is 520. The van der Waals surface area contributed by atoms with Crippen LogP contribution in [0.4, 0.5) is 4.39 Å². The van der Waals surface area contributed by atoms with Crippen molar-refractivity contribution in [2.45, 2.75) is 25.1 Å². The summed E-state index contributed by atoms with van der Waals surface area (Å²) in [7, 11) is 0. The van der Waals surface area contributed by atoms with E-state index in [1.165, 1.54) is 0 Å². The van der Waals surface area contributed by atoms with E-state index in [0.29, 0.717) is 18.5 Å². The molecule has 0 N–H and O–H groups in total. The molecule has 4 nitrogen and oxygen atoms in total. The first-order chi connectivity index (χ1) is 7.16. The Hall–Kier alpha value is -1.23. The highest BCUT2D eigenvalue weighted by Crippen LogP contribution is 2.41. The topological polar surface area (TPSA) is 43.6 Å². The summed E-state index contributed by atoms with van der Waals surface area (Å²) in [5.74, 6) is 0. The minimum Gasteiger partial charge on any atom is -0.244 e. The molecule has 0 aliphatic heterocycles. The Morgan fingerprint density at radius 1 is 1.47 bits per heavy atom. The van der Waals surface area contributed by atoms with Crippen LogP contribution in [-0.4, -0.2) is 25.4 Å². The van der Waals surface area contributed by atoms with Crippen molar-refractivity contribution < 1.29 is 4.39 Å². The first kappa shape index (κ1) is 9.03. The van der Waals surface area contributed by atoms with E-state index in [9.17, 15) is 4.39 Å². The number of hydrogen-bond acceptors (Lipinski definition) is 3. The molecule has 0 bridgehead atoms. The van der Waals surface area contributed by atoms with Gasteiger partial charge in [-0.15, -0.1) is 0 Å². The molecule has 1 saturated carbocycles. The van der Waals surface area contributed by atoms with Crippen molar-refractivity contribution in [3.05, 3.63) is 17.7 Å². The van der Waals surface area contributed by atoms with Crippen LogP contribution < -0.4 is 0 Å². The standard InChI is InChI=1S/C9H8ClFN4/c10-8-12-3-6-4-13-15(7(6)14-8)5-9(11)1-2-9/h3-4H,1-2,5H2. The van der Waals surface area contributed by atoms with Gasteiger partial charge in [0.1, 0.15) is 5.67 Å². The maximum absolute atomic E-state index is 13.6. The lowest BCUT2D eigenvalue weighted by atomic mass is 10.4. The first-order valence-electron chi connectivity index (χ1n) is 4.69. The van der Waals surface area contributed by atoms with E-state index >= 15 is 0 Å². The molecular formula is C9H8ClFN4. The highest BCUT2D eigenvalue weighted by molar-refractivity contribution is 6.28. The SMILES string of the molecule is FC1(Cn2ncc3cnc(Cl)nc32)CC1. The third-order valence-electron chi connectivity index (χ3n) is 2.57. The molecule has 0 radical (unpaired) electrons. The highest BCUT2D eigenvalue weighted by atomic mass is 35.5. The third kappa shape index (κ3) is 1.56. The second kappa shape index (κ2) is 2.88. The zero-order valence-corrected chi connectivity index (χ0v) is 8.58. The molecule has 0 spiro atoms. The first-order valence-corrected chi connectivity index (χ1v) is 5.07. The number of hydrogen-bond donors (Lipinski definition) is 0. The number of rotatable bonds is 2. The van der Waals surface area contributed by atoms with Crippen molar-refractivity contribution in [2.24, 2.45) is 0 Å². The van der Waals surface area contributed by atoms with Gasteiger partial charge in [-0.1, -0.05) is 0 Å². The average molecular weight is 227 g/mol. The van der Waals surface area contributed by atoms with Gasteiger partial charge in [-0.05, 0) is 24.4 Å². The quantitative estimate of drug-likeness (QED) is 0.736. The van der Waals surface area contributed by atoms with E-state index < -0.39 is 5.67 Å². The predicted octanol–water partition coefficient (Wildman–Crippen LogP) is 1.98. The van der Waals surface area contributed by atoms with Gasteiger partial charge >= 0.3 is 0 Å². The second-order valence-electron chi connectivity index (χ2n) is 3.87. The Morgan fingerprint density at radius 3 is 3.00 bits per heavy atom. The molecule has 0 saturated heterocycles. The fourth-order valence-electron chi connectivity index (χ4n) is 1.52. The smallest absolute Gasteiger partial charge is 0.224 e. The summed E-state index contributed by atoms with van der Waals surface area (Å²) in [5, 5.41) is 5.02. The van der Waals surface area contributed by atoms with Gasteiger partial charge in [-0.3, -0.25) is 0 Å². The van der Waals surface area contributed by atoms with Crippen LogP contribution in [0.15, 0.2) is 12.4 Å². The maximum atomic E-state index is 13.6. The summed E-state index contributed by atoms with van der Waals surface area (Å²) in [6.45, 7) is 0.254. The number of halogens is 2. The lowest BCUT2D eigenvalue weighted by molar-refractivity contribution is 0.264. The van der Waals surface area contributed by atoms with Gasteiger partial charge in [0, 0.05) is 6.20 Å². The molecule has 78 valence electrons. The van der Waals surface area contributed by atoms with Crippen LogP contribution in [0.3, 0.4) is 0 Å². The maximum Gasteiger partial charge on any atom is 0.224 e. The van der Waals surface area contributed by atoms with Gasteiger partial charge in [-0.25, -0.2) is 14.1 Å². The van der Waals surface area contributed by atoms with Gasteiger partial charge < -0.3 is 0 Å². The second-order valence-corrected chi connectivity index (χ2v) is 4.21. The van der Waals surface area contributed by atoms with Gasteiger partial charge in [-0.2, -0.15) is 10.1 Å². The Kier molecular flexibility index (Phi) is 1.74. The van der Waals surface area contributed by atoms with Crippen LogP contribution in [0, 0.1) is 0 Å². The van der Waals surface area contributed by atoms with E-state index in [1.807, 2.05) is 0 Å². The summed E-state index contributed by atoms with van der Waals surface area (Å²) in [4.78, 5) is 7.88. The number of alkyl halides is 1. The predicted molar refractivity (Wildman–Crippen MR) is 53.4 cm³/mol. The van der Waals surface area contributed by atoms with Crippen LogP contribution in [0.2, 0.25) is 5.28 Å².